The molecule has 0 aliphatic heterocycles. The number of aromatic nitrogens is 2. The highest BCUT2D eigenvalue weighted by molar-refractivity contribution is 8.01. The number of benzene rings is 2. The lowest BCUT2D eigenvalue weighted by atomic mass is 10.2. The Balaban J connectivity index is 1.54. The molecular formula is C18H17ClN4O2S2. The van der Waals surface area contributed by atoms with Gasteiger partial charge in [-0.1, -0.05) is 46.8 Å². The molecular weight excluding hydrogens is 404 g/mol. The standard InChI is InChI=1S/C18H17ClN4O2S2/c1-11-14(19)7-4-8-15(11)21-17-22-23-18(27-17)26-10-16(24)20-12-5-3-6-13(9-12)25-2/h3-9H,10H2,1-2H3,(H,20,24)(H,21,22). The van der Waals surface area contributed by atoms with Crippen LogP contribution in [0.1, 0.15) is 5.56 Å². The summed E-state index contributed by atoms with van der Waals surface area (Å²) in [6.45, 7) is 1.93. The van der Waals surface area contributed by atoms with Crippen LogP contribution in [0.5, 0.6) is 5.75 Å². The Hall–Kier alpha value is -2.29. The minimum atomic E-state index is -0.122. The molecule has 0 radical (unpaired) electrons. The number of ether oxygens (including phenoxy) is 1. The molecule has 0 bridgehead atoms. The van der Waals surface area contributed by atoms with Gasteiger partial charge >= 0.3 is 0 Å². The molecule has 3 aromatic rings. The second-order valence-electron chi connectivity index (χ2n) is 5.48. The number of thioether (sulfide) groups is 1. The maximum absolute atomic E-state index is 12.1. The third-order valence-corrected chi connectivity index (χ3v) is 5.98. The summed E-state index contributed by atoms with van der Waals surface area (Å²) in [6, 6.07) is 12.9. The maximum Gasteiger partial charge on any atom is 0.234 e. The zero-order valence-electron chi connectivity index (χ0n) is 14.7. The summed E-state index contributed by atoms with van der Waals surface area (Å²) >= 11 is 8.84. The Morgan fingerprint density at radius 2 is 2.07 bits per heavy atom. The third-order valence-electron chi connectivity index (χ3n) is 3.60. The van der Waals surface area contributed by atoms with E-state index in [-0.39, 0.29) is 11.7 Å². The first-order valence-electron chi connectivity index (χ1n) is 7.97. The van der Waals surface area contributed by atoms with Gasteiger partial charge in [-0.15, -0.1) is 10.2 Å². The van der Waals surface area contributed by atoms with Crippen molar-refractivity contribution in [1.82, 2.24) is 10.2 Å². The molecule has 1 aromatic heterocycles. The van der Waals surface area contributed by atoms with E-state index in [4.69, 9.17) is 16.3 Å². The number of nitrogens with zero attached hydrogens (tertiary/aromatic N) is 2. The number of carbonyl (C=O) groups is 1. The minimum Gasteiger partial charge on any atom is -0.497 e. The largest absolute Gasteiger partial charge is 0.497 e. The Labute approximate surface area is 170 Å². The number of amides is 1. The first-order valence-corrected chi connectivity index (χ1v) is 10.2. The van der Waals surface area contributed by atoms with E-state index in [1.165, 1.54) is 23.1 Å². The van der Waals surface area contributed by atoms with E-state index in [1.807, 2.05) is 43.3 Å². The molecule has 0 saturated heterocycles. The Morgan fingerprint density at radius 1 is 1.26 bits per heavy atom. The maximum atomic E-state index is 12.1. The van der Waals surface area contributed by atoms with Crippen molar-refractivity contribution < 1.29 is 9.53 Å². The fraction of sp³-hybridized carbons (Fsp3) is 0.167. The van der Waals surface area contributed by atoms with Crippen molar-refractivity contribution in [3.05, 3.63) is 53.1 Å². The Morgan fingerprint density at radius 3 is 2.89 bits per heavy atom. The quantitative estimate of drug-likeness (QED) is 0.525. The highest BCUT2D eigenvalue weighted by Gasteiger charge is 2.10. The molecule has 3 rings (SSSR count). The number of anilines is 3. The molecule has 0 atom stereocenters. The first kappa shape index (κ1) is 19.5. The summed E-state index contributed by atoms with van der Waals surface area (Å²) in [7, 11) is 1.59. The lowest BCUT2D eigenvalue weighted by molar-refractivity contribution is -0.113. The predicted molar refractivity (Wildman–Crippen MR) is 112 cm³/mol. The normalized spacial score (nSPS) is 10.5. The van der Waals surface area contributed by atoms with Crippen molar-refractivity contribution in [1.29, 1.82) is 0 Å². The lowest BCUT2D eigenvalue weighted by Gasteiger charge is -2.07. The van der Waals surface area contributed by atoms with E-state index in [1.54, 1.807) is 13.2 Å². The average Bonchev–Trinajstić information content (AvgIpc) is 3.11. The van der Waals surface area contributed by atoms with Gasteiger partial charge in [0.15, 0.2) is 4.34 Å². The highest BCUT2D eigenvalue weighted by atomic mass is 35.5. The van der Waals surface area contributed by atoms with Crippen molar-refractivity contribution in [2.24, 2.45) is 0 Å². The van der Waals surface area contributed by atoms with Crippen molar-refractivity contribution >= 4 is 57.1 Å². The fourth-order valence-electron chi connectivity index (χ4n) is 2.20. The highest BCUT2D eigenvalue weighted by Crippen LogP contribution is 2.30. The molecule has 140 valence electrons. The molecule has 9 heteroatoms. The van der Waals surface area contributed by atoms with Gasteiger partial charge in [-0.05, 0) is 36.8 Å². The second kappa shape index (κ2) is 9.07. The van der Waals surface area contributed by atoms with Crippen LogP contribution in [0.15, 0.2) is 46.8 Å². The van der Waals surface area contributed by atoms with Crippen molar-refractivity contribution in [2.75, 3.05) is 23.5 Å². The van der Waals surface area contributed by atoms with Crippen molar-refractivity contribution in [3.63, 3.8) is 0 Å². The topological polar surface area (TPSA) is 76.1 Å². The third kappa shape index (κ3) is 5.35. The molecule has 0 aliphatic carbocycles. The summed E-state index contributed by atoms with van der Waals surface area (Å²) in [4.78, 5) is 12.1. The van der Waals surface area contributed by atoms with Crippen LogP contribution < -0.4 is 15.4 Å². The van der Waals surface area contributed by atoms with Crippen LogP contribution >= 0.6 is 34.7 Å². The van der Waals surface area contributed by atoms with Crippen LogP contribution in [0.2, 0.25) is 5.02 Å². The SMILES string of the molecule is COc1cccc(NC(=O)CSc2nnc(Nc3cccc(Cl)c3C)s2)c1. The van der Waals surface area contributed by atoms with Gasteiger partial charge < -0.3 is 15.4 Å². The van der Waals surface area contributed by atoms with Gasteiger partial charge in [-0.2, -0.15) is 0 Å². The molecule has 0 aliphatic rings. The molecule has 2 aromatic carbocycles. The summed E-state index contributed by atoms with van der Waals surface area (Å²) in [5, 5.41) is 15.6. The first-order chi connectivity index (χ1) is 13.0. The van der Waals surface area contributed by atoms with E-state index >= 15 is 0 Å². The van der Waals surface area contributed by atoms with Gasteiger partial charge in [-0.3, -0.25) is 4.79 Å². The van der Waals surface area contributed by atoms with Crippen LogP contribution in [0, 0.1) is 6.92 Å². The van der Waals surface area contributed by atoms with Crippen LogP contribution in [0.25, 0.3) is 0 Å². The molecule has 1 heterocycles. The summed E-state index contributed by atoms with van der Waals surface area (Å²) in [5.74, 6) is 0.808. The molecule has 0 unspecified atom stereocenters. The second-order valence-corrected chi connectivity index (χ2v) is 8.09. The lowest BCUT2D eigenvalue weighted by Crippen LogP contribution is -2.13. The number of hydrogen-bond donors (Lipinski definition) is 2. The van der Waals surface area contributed by atoms with Gasteiger partial charge in [0.2, 0.25) is 11.0 Å². The van der Waals surface area contributed by atoms with Crippen LogP contribution in [-0.4, -0.2) is 29.0 Å². The molecule has 2 N–H and O–H groups in total. The zero-order valence-corrected chi connectivity index (χ0v) is 17.0. The number of methoxy groups -OCH3 is 1. The van der Waals surface area contributed by atoms with Crippen LogP contribution in [0.3, 0.4) is 0 Å². The summed E-state index contributed by atoms with van der Waals surface area (Å²) in [5.41, 5.74) is 2.52. The molecule has 0 saturated carbocycles. The van der Waals surface area contributed by atoms with E-state index < -0.39 is 0 Å². The number of rotatable bonds is 7. The van der Waals surface area contributed by atoms with Gasteiger partial charge in [-0.25, -0.2) is 0 Å². The molecule has 1 amide bonds. The smallest absolute Gasteiger partial charge is 0.234 e. The summed E-state index contributed by atoms with van der Waals surface area (Å²) < 4.78 is 5.85. The summed E-state index contributed by atoms with van der Waals surface area (Å²) in [6.07, 6.45) is 0. The number of halogens is 1. The molecule has 6 nitrogen and oxygen atoms in total. The van der Waals surface area contributed by atoms with E-state index in [9.17, 15) is 4.79 Å². The number of hydrogen-bond acceptors (Lipinski definition) is 7. The Bertz CT molecular complexity index is 949. The van der Waals surface area contributed by atoms with Gasteiger partial charge in [0.25, 0.3) is 0 Å². The fourth-order valence-corrected chi connectivity index (χ4v) is 3.94. The van der Waals surface area contributed by atoms with E-state index in [0.717, 1.165) is 11.3 Å². The zero-order chi connectivity index (χ0) is 19.2. The van der Waals surface area contributed by atoms with Crippen LogP contribution in [-0.2, 0) is 4.79 Å². The van der Waals surface area contributed by atoms with Crippen LogP contribution in [0.4, 0.5) is 16.5 Å². The monoisotopic (exact) mass is 420 g/mol. The molecule has 27 heavy (non-hydrogen) atoms. The van der Waals surface area contributed by atoms with Gasteiger partial charge in [0, 0.05) is 22.5 Å². The minimum absolute atomic E-state index is 0.122. The van der Waals surface area contributed by atoms with Crippen molar-refractivity contribution in [2.45, 2.75) is 11.3 Å². The number of carbonyl (C=O) groups excluding carboxylic acids is 1. The van der Waals surface area contributed by atoms with Gasteiger partial charge in [0.05, 0.1) is 12.9 Å². The molecule has 0 spiro atoms. The van der Waals surface area contributed by atoms with Gasteiger partial charge in [0.1, 0.15) is 5.75 Å². The molecule has 0 fully saturated rings. The predicted octanol–water partition coefficient (Wildman–Crippen LogP) is 4.98. The van der Waals surface area contributed by atoms with Crippen molar-refractivity contribution in [3.8, 4) is 5.75 Å². The Kier molecular flexibility index (Phi) is 6.54. The van der Waals surface area contributed by atoms with E-state index in [2.05, 4.69) is 20.8 Å². The van der Waals surface area contributed by atoms with E-state index in [0.29, 0.717) is 25.9 Å². The average molecular weight is 421 g/mol. The number of nitrogens with one attached hydrogen (secondary N) is 2.